The molecular weight excluding hydrogens is 354 g/mol. The number of fused-ring (bicyclic) bond motifs is 1. The van der Waals surface area contributed by atoms with Crippen molar-refractivity contribution < 1.29 is 14.7 Å². The van der Waals surface area contributed by atoms with Crippen LogP contribution in [-0.2, 0) is 16.6 Å². The van der Waals surface area contributed by atoms with Gasteiger partial charge in [-0.2, -0.15) is 0 Å². The lowest BCUT2D eigenvalue weighted by atomic mass is 9.50. The molecule has 150 valence electrons. The average Bonchev–Trinajstić information content (AvgIpc) is 3.47. The zero-order valence-corrected chi connectivity index (χ0v) is 16.2. The number of urea groups is 1. The molecule has 1 heterocycles. The predicted octanol–water partition coefficient (Wildman–Crippen LogP) is 2.28. The second-order valence-electron chi connectivity index (χ2n) is 9.40. The SMILES string of the molecule is NC(=O)NC(=O)[C@@H]1CC[C@H]2[C@H]3Cc4ccc(O)cc4[C@@]2(CCN3CC2CC2)C1. The number of aromatic hydroxyl groups is 1. The molecule has 4 aliphatic rings. The number of piperidine rings is 1. The molecule has 0 spiro atoms. The fourth-order valence-electron chi connectivity index (χ4n) is 6.41. The van der Waals surface area contributed by atoms with E-state index in [1.54, 1.807) is 6.07 Å². The molecule has 3 amide bonds. The molecule has 0 unspecified atom stereocenters. The largest absolute Gasteiger partial charge is 0.508 e. The summed E-state index contributed by atoms with van der Waals surface area (Å²) in [6, 6.07) is 5.54. The van der Waals surface area contributed by atoms with Gasteiger partial charge in [0, 0.05) is 23.9 Å². The summed E-state index contributed by atoms with van der Waals surface area (Å²) in [7, 11) is 0. The zero-order valence-electron chi connectivity index (χ0n) is 16.2. The van der Waals surface area contributed by atoms with Crippen LogP contribution in [0.5, 0.6) is 5.75 Å². The van der Waals surface area contributed by atoms with Gasteiger partial charge in [0.15, 0.2) is 0 Å². The monoisotopic (exact) mass is 383 g/mol. The highest BCUT2D eigenvalue weighted by Gasteiger charge is 2.56. The van der Waals surface area contributed by atoms with Gasteiger partial charge < -0.3 is 10.8 Å². The van der Waals surface area contributed by atoms with Crippen LogP contribution in [0.1, 0.15) is 49.7 Å². The van der Waals surface area contributed by atoms with Crippen LogP contribution in [0.25, 0.3) is 0 Å². The fourth-order valence-corrected chi connectivity index (χ4v) is 6.41. The number of nitrogens with zero attached hydrogens (tertiary/aromatic N) is 1. The molecule has 1 saturated heterocycles. The number of carbonyl (C=O) groups excluding carboxylic acids is 2. The summed E-state index contributed by atoms with van der Waals surface area (Å²) < 4.78 is 0. The van der Waals surface area contributed by atoms with Gasteiger partial charge in [0.25, 0.3) is 0 Å². The molecule has 0 aromatic heterocycles. The molecule has 2 saturated carbocycles. The van der Waals surface area contributed by atoms with Crippen molar-refractivity contribution in [2.24, 2.45) is 23.5 Å². The van der Waals surface area contributed by atoms with Crippen LogP contribution in [0.3, 0.4) is 0 Å². The number of nitrogens with two attached hydrogens (primary N) is 1. The molecule has 6 heteroatoms. The van der Waals surface area contributed by atoms with E-state index in [1.807, 2.05) is 6.07 Å². The molecule has 6 nitrogen and oxygen atoms in total. The maximum Gasteiger partial charge on any atom is 0.318 e. The van der Waals surface area contributed by atoms with E-state index < -0.39 is 6.03 Å². The van der Waals surface area contributed by atoms with Crippen molar-refractivity contribution in [3.8, 4) is 5.75 Å². The third kappa shape index (κ3) is 2.89. The number of phenols is 1. The van der Waals surface area contributed by atoms with E-state index in [4.69, 9.17) is 5.73 Å². The summed E-state index contributed by atoms with van der Waals surface area (Å²) in [5, 5.41) is 12.5. The zero-order chi connectivity index (χ0) is 19.5. The van der Waals surface area contributed by atoms with Gasteiger partial charge in [-0.05, 0) is 86.6 Å². The van der Waals surface area contributed by atoms with Crippen LogP contribution in [0, 0.1) is 17.8 Å². The third-order valence-corrected chi connectivity index (χ3v) is 7.79. The van der Waals surface area contributed by atoms with Crippen molar-refractivity contribution in [2.75, 3.05) is 13.1 Å². The first-order valence-electron chi connectivity index (χ1n) is 10.6. The Balaban J connectivity index is 1.51. The molecule has 1 aromatic rings. The maximum absolute atomic E-state index is 12.6. The highest BCUT2D eigenvalue weighted by Crippen LogP contribution is 2.57. The van der Waals surface area contributed by atoms with Gasteiger partial charge in [-0.15, -0.1) is 0 Å². The van der Waals surface area contributed by atoms with Crippen molar-refractivity contribution in [1.82, 2.24) is 10.2 Å². The number of nitrogens with one attached hydrogen (secondary N) is 1. The average molecular weight is 383 g/mol. The van der Waals surface area contributed by atoms with E-state index in [1.165, 1.54) is 30.5 Å². The lowest BCUT2D eigenvalue weighted by molar-refractivity contribution is -0.128. The molecule has 3 aliphatic carbocycles. The Labute approximate surface area is 165 Å². The first kappa shape index (κ1) is 18.0. The molecule has 0 radical (unpaired) electrons. The Morgan fingerprint density at radius 2 is 2.07 bits per heavy atom. The highest BCUT2D eigenvalue weighted by atomic mass is 16.3. The predicted molar refractivity (Wildman–Crippen MR) is 105 cm³/mol. The summed E-state index contributed by atoms with van der Waals surface area (Å²) in [5.74, 6) is 1.23. The van der Waals surface area contributed by atoms with Crippen molar-refractivity contribution in [3.63, 3.8) is 0 Å². The molecule has 4 atom stereocenters. The van der Waals surface area contributed by atoms with Crippen LogP contribution < -0.4 is 11.1 Å². The molecule has 4 N–H and O–H groups in total. The number of carbonyl (C=O) groups is 2. The molecule has 3 fully saturated rings. The smallest absolute Gasteiger partial charge is 0.318 e. The number of benzene rings is 1. The van der Waals surface area contributed by atoms with Gasteiger partial charge in [0.1, 0.15) is 5.75 Å². The van der Waals surface area contributed by atoms with E-state index in [2.05, 4.69) is 16.3 Å². The number of hydrogen-bond acceptors (Lipinski definition) is 4. The summed E-state index contributed by atoms with van der Waals surface area (Å²) in [5.41, 5.74) is 7.65. The van der Waals surface area contributed by atoms with E-state index in [-0.39, 0.29) is 17.2 Å². The van der Waals surface area contributed by atoms with Crippen LogP contribution in [0.4, 0.5) is 4.79 Å². The minimum Gasteiger partial charge on any atom is -0.508 e. The Kier molecular flexibility index (Phi) is 4.16. The Morgan fingerprint density at radius 1 is 1.25 bits per heavy atom. The minimum atomic E-state index is -0.775. The molecule has 1 aliphatic heterocycles. The lowest BCUT2D eigenvalue weighted by Gasteiger charge is -2.60. The Hall–Kier alpha value is -2.08. The highest BCUT2D eigenvalue weighted by molar-refractivity contribution is 5.94. The van der Waals surface area contributed by atoms with Gasteiger partial charge in [0.05, 0.1) is 0 Å². The van der Waals surface area contributed by atoms with Crippen LogP contribution in [0.2, 0.25) is 0 Å². The first-order valence-corrected chi connectivity index (χ1v) is 10.6. The summed E-state index contributed by atoms with van der Waals surface area (Å²) in [6.45, 7) is 2.26. The number of phenolic OH excluding ortho intramolecular Hbond substituents is 1. The fraction of sp³-hybridized carbons (Fsp3) is 0.636. The molecule has 5 rings (SSSR count). The van der Waals surface area contributed by atoms with E-state index in [0.29, 0.717) is 17.7 Å². The second-order valence-corrected chi connectivity index (χ2v) is 9.40. The number of hydrogen-bond donors (Lipinski definition) is 3. The lowest BCUT2D eigenvalue weighted by Crippen LogP contribution is -2.62. The summed E-state index contributed by atoms with van der Waals surface area (Å²) in [4.78, 5) is 26.5. The van der Waals surface area contributed by atoms with Crippen LogP contribution >= 0.6 is 0 Å². The summed E-state index contributed by atoms with van der Waals surface area (Å²) in [6.07, 6.45) is 7.29. The van der Waals surface area contributed by atoms with Gasteiger partial charge in [0.2, 0.25) is 5.91 Å². The van der Waals surface area contributed by atoms with Crippen molar-refractivity contribution >= 4 is 11.9 Å². The Bertz CT molecular complexity index is 821. The number of rotatable bonds is 3. The van der Waals surface area contributed by atoms with E-state index in [9.17, 15) is 14.7 Å². The number of imide groups is 1. The molecule has 28 heavy (non-hydrogen) atoms. The van der Waals surface area contributed by atoms with Crippen molar-refractivity contribution in [1.29, 1.82) is 0 Å². The van der Waals surface area contributed by atoms with E-state index in [0.717, 1.165) is 44.6 Å². The first-order chi connectivity index (χ1) is 13.5. The minimum absolute atomic E-state index is 0.0883. The van der Waals surface area contributed by atoms with Crippen LogP contribution in [-0.4, -0.2) is 41.1 Å². The second kappa shape index (κ2) is 6.48. The number of amides is 3. The maximum atomic E-state index is 12.6. The van der Waals surface area contributed by atoms with Gasteiger partial charge in [-0.25, -0.2) is 4.79 Å². The number of primary amides is 1. The quantitative estimate of drug-likeness (QED) is 0.746. The van der Waals surface area contributed by atoms with Crippen molar-refractivity contribution in [3.05, 3.63) is 29.3 Å². The van der Waals surface area contributed by atoms with Gasteiger partial charge in [-0.3, -0.25) is 15.0 Å². The molecule has 1 aromatic carbocycles. The van der Waals surface area contributed by atoms with E-state index >= 15 is 0 Å². The third-order valence-electron chi connectivity index (χ3n) is 7.79. The standard InChI is InChI=1S/C22H29N3O3/c23-21(28)24-20(27)15-4-6-17-19-9-14-3-5-16(26)10-18(14)22(17,11-15)7-8-25(19)12-13-1-2-13/h3,5,10,13,15,17,19,26H,1-2,4,6-9,11-12H2,(H3,23,24,27,28)/t15-,17+,19-,22+/m1/s1. The number of likely N-dealkylation sites (tertiary alicyclic amines) is 1. The van der Waals surface area contributed by atoms with Crippen molar-refractivity contribution in [2.45, 2.75) is 56.4 Å². The Morgan fingerprint density at radius 3 is 2.82 bits per heavy atom. The topological polar surface area (TPSA) is 95.7 Å². The van der Waals surface area contributed by atoms with Gasteiger partial charge >= 0.3 is 6.03 Å². The summed E-state index contributed by atoms with van der Waals surface area (Å²) >= 11 is 0. The van der Waals surface area contributed by atoms with Gasteiger partial charge in [-0.1, -0.05) is 6.07 Å². The molecule has 2 bridgehead atoms. The molecular formula is C22H29N3O3. The normalized spacial score (nSPS) is 34.2. The van der Waals surface area contributed by atoms with Crippen LogP contribution in [0.15, 0.2) is 18.2 Å².